The van der Waals surface area contributed by atoms with Gasteiger partial charge in [-0.25, -0.2) is 4.39 Å². The first-order chi connectivity index (χ1) is 16.5. The van der Waals surface area contributed by atoms with Gasteiger partial charge >= 0.3 is 0 Å². The van der Waals surface area contributed by atoms with Gasteiger partial charge in [0.15, 0.2) is 5.78 Å². The third-order valence-electron chi connectivity index (χ3n) is 7.71. The zero-order chi connectivity index (χ0) is 23.4. The standard InChI is InChI=1S/C30H27ClFNO/c1-18-16-26-23-10-8-19-6-2-3-7-21(19)22(23)12-13-24(26)28(29(18)32)30(34)25-11-9-20(17-27(25)31)33-14-4-5-15-33/h2-3,6-9,11-13,17-18,29H,4-5,10,14-16H2,1H3/t18-,29?/m1/s1. The molecule has 2 nitrogen and oxygen atoms in total. The molecule has 1 saturated heterocycles. The fourth-order valence-corrected chi connectivity index (χ4v) is 6.17. The Morgan fingerprint density at radius 1 is 0.971 bits per heavy atom. The predicted octanol–water partition coefficient (Wildman–Crippen LogP) is 5.13. The maximum atomic E-state index is 15.7. The van der Waals surface area contributed by atoms with E-state index < -0.39 is 6.17 Å². The number of alkyl halides is 1. The average Bonchev–Trinajstić information content (AvgIpc) is 3.39. The lowest BCUT2D eigenvalue weighted by Gasteiger charge is -2.28. The number of hydrogen-bond acceptors (Lipinski definition) is 2. The number of benzene rings is 3. The van der Waals surface area contributed by atoms with Gasteiger partial charge in [0.1, 0.15) is 6.17 Å². The van der Waals surface area contributed by atoms with Gasteiger partial charge in [0, 0.05) is 29.9 Å². The molecule has 0 amide bonds. The summed E-state index contributed by atoms with van der Waals surface area (Å²) in [4.78, 5) is 16.0. The van der Waals surface area contributed by atoms with Gasteiger partial charge in [-0.05, 0) is 81.8 Å². The van der Waals surface area contributed by atoms with E-state index in [1.807, 2.05) is 25.1 Å². The summed E-state index contributed by atoms with van der Waals surface area (Å²) in [5.41, 5.74) is 4.00. The van der Waals surface area contributed by atoms with E-state index in [4.69, 9.17) is 11.6 Å². The Morgan fingerprint density at radius 2 is 1.74 bits per heavy atom. The Bertz CT molecular complexity index is 1540. The van der Waals surface area contributed by atoms with E-state index in [-0.39, 0.29) is 17.3 Å². The highest BCUT2D eigenvalue weighted by atomic mass is 35.5. The largest absolute Gasteiger partial charge is 0.371 e. The zero-order valence-electron chi connectivity index (χ0n) is 19.3. The Kier molecular flexibility index (Phi) is 5.33. The average molecular weight is 472 g/mol. The molecule has 6 rings (SSSR count). The third-order valence-corrected chi connectivity index (χ3v) is 8.03. The molecule has 172 valence electrons. The van der Waals surface area contributed by atoms with Crippen LogP contribution in [-0.4, -0.2) is 25.0 Å². The van der Waals surface area contributed by atoms with Gasteiger partial charge in [0.25, 0.3) is 0 Å². The van der Waals surface area contributed by atoms with Crippen LogP contribution in [0.1, 0.15) is 41.3 Å². The smallest absolute Gasteiger partial charge is 0.194 e. The van der Waals surface area contributed by atoms with Crippen LogP contribution in [-0.2, 0) is 12.8 Å². The molecule has 3 aromatic carbocycles. The number of ketones is 1. The quantitative estimate of drug-likeness (QED) is 0.494. The normalized spacial score (nSPS) is 20.9. The zero-order valence-corrected chi connectivity index (χ0v) is 20.0. The molecule has 1 heterocycles. The molecule has 4 heteroatoms. The highest BCUT2D eigenvalue weighted by Gasteiger charge is 2.34. The number of Topliss-reactive ketones (excluding diaryl/α,β-unsaturated/α-hetero) is 1. The second kappa shape index (κ2) is 8.39. The Hall–Kier alpha value is -2.91. The number of nitrogens with zero attached hydrogens (tertiary/aromatic N) is 1. The number of hydrogen-bond donors (Lipinski definition) is 0. The summed E-state index contributed by atoms with van der Waals surface area (Å²) in [5, 5.41) is 4.78. The van der Waals surface area contributed by atoms with Gasteiger partial charge in [-0.15, -0.1) is 0 Å². The maximum Gasteiger partial charge on any atom is 0.194 e. The van der Waals surface area contributed by atoms with Gasteiger partial charge in [-0.1, -0.05) is 61.0 Å². The number of anilines is 1. The molecule has 3 aromatic rings. The van der Waals surface area contributed by atoms with Crippen molar-refractivity contribution in [1.82, 2.24) is 0 Å². The minimum absolute atomic E-state index is 0.256. The van der Waals surface area contributed by atoms with Crippen molar-refractivity contribution < 1.29 is 9.18 Å². The summed E-state index contributed by atoms with van der Waals surface area (Å²) in [7, 11) is 0. The molecule has 0 saturated carbocycles. The van der Waals surface area contributed by atoms with Crippen LogP contribution >= 0.6 is 11.6 Å². The van der Waals surface area contributed by atoms with Crippen molar-refractivity contribution in [3.63, 3.8) is 0 Å². The van der Waals surface area contributed by atoms with Crippen molar-refractivity contribution in [2.24, 2.45) is 5.92 Å². The molecular weight excluding hydrogens is 445 g/mol. The van der Waals surface area contributed by atoms with Crippen molar-refractivity contribution in [2.45, 2.75) is 38.8 Å². The van der Waals surface area contributed by atoms with Crippen LogP contribution in [0.25, 0.3) is 11.6 Å². The number of halogens is 2. The van der Waals surface area contributed by atoms with Crippen LogP contribution < -0.4 is 15.3 Å². The topological polar surface area (TPSA) is 20.3 Å². The number of carbonyl (C=O) groups is 1. The number of rotatable bonds is 3. The lowest BCUT2D eigenvalue weighted by atomic mass is 9.78. The second-order valence-corrected chi connectivity index (χ2v) is 10.2. The van der Waals surface area contributed by atoms with Gasteiger partial charge < -0.3 is 4.90 Å². The summed E-state index contributed by atoms with van der Waals surface area (Å²) in [6.45, 7) is 3.91. The Balaban J connectivity index is 1.53. The van der Waals surface area contributed by atoms with Crippen molar-refractivity contribution >= 4 is 34.7 Å². The highest BCUT2D eigenvalue weighted by molar-refractivity contribution is 6.38. The van der Waals surface area contributed by atoms with Gasteiger partial charge in [0.2, 0.25) is 0 Å². The van der Waals surface area contributed by atoms with Crippen molar-refractivity contribution in [3.05, 3.63) is 97.2 Å². The first-order valence-electron chi connectivity index (χ1n) is 12.2. The SMILES string of the molecule is C[C@@H]1Cc2c3c(ccc2=C(C(=O)c2ccc(N4CCCC4)cc2Cl)C1F)=c1ccccc1=CC3. The molecule has 1 unspecified atom stereocenters. The molecular formula is C30H27ClFNO. The first kappa shape index (κ1) is 21.6. The molecule has 2 atom stereocenters. The minimum atomic E-state index is -1.31. The summed E-state index contributed by atoms with van der Waals surface area (Å²) >= 11 is 6.62. The van der Waals surface area contributed by atoms with E-state index in [0.717, 1.165) is 36.0 Å². The van der Waals surface area contributed by atoms with Crippen LogP contribution in [0, 0.1) is 16.4 Å². The van der Waals surface area contributed by atoms with E-state index in [2.05, 4.69) is 41.3 Å². The van der Waals surface area contributed by atoms with Crippen LogP contribution in [0.3, 0.4) is 0 Å². The van der Waals surface area contributed by atoms with E-state index in [9.17, 15) is 4.79 Å². The lowest BCUT2D eigenvalue weighted by molar-refractivity contribution is 0.103. The summed E-state index contributed by atoms with van der Waals surface area (Å²) in [5.74, 6) is -0.559. The molecule has 1 aliphatic heterocycles. The van der Waals surface area contributed by atoms with Crippen molar-refractivity contribution in [3.8, 4) is 0 Å². The molecule has 0 aromatic heterocycles. The molecule has 3 aliphatic rings. The second-order valence-electron chi connectivity index (χ2n) is 9.80. The molecule has 0 bridgehead atoms. The molecule has 34 heavy (non-hydrogen) atoms. The fraction of sp³-hybridized carbons (Fsp3) is 0.300. The van der Waals surface area contributed by atoms with Gasteiger partial charge in [0.05, 0.1) is 5.02 Å². The molecule has 0 N–H and O–H groups in total. The maximum absolute atomic E-state index is 15.7. The van der Waals surface area contributed by atoms with Crippen LogP contribution in [0.2, 0.25) is 5.02 Å². The van der Waals surface area contributed by atoms with Crippen LogP contribution in [0.4, 0.5) is 10.1 Å². The monoisotopic (exact) mass is 471 g/mol. The number of fused-ring (bicyclic) bond motifs is 4. The first-order valence-corrected chi connectivity index (χ1v) is 12.6. The fourth-order valence-electron chi connectivity index (χ4n) is 5.91. The lowest BCUT2D eigenvalue weighted by Crippen LogP contribution is -2.36. The summed E-state index contributed by atoms with van der Waals surface area (Å²) in [6.07, 6.45) is 4.69. The van der Waals surface area contributed by atoms with E-state index >= 15 is 4.39 Å². The number of carbonyl (C=O) groups excluding carboxylic acids is 1. The van der Waals surface area contributed by atoms with Crippen LogP contribution in [0.5, 0.6) is 0 Å². The summed E-state index contributed by atoms with van der Waals surface area (Å²) in [6, 6.07) is 18.0. The van der Waals surface area contributed by atoms with E-state index in [1.54, 1.807) is 6.07 Å². The predicted molar refractivity (Wildman–Crippen MR) is 136 cm³/mol. The van der Waals surface area contributed by atoms with Crippen molar-refractivity contribution in [2.75, 3.05) is 18.0 Å². The third kappa shape index (κ3) is 3.41. The Morgan fingerprint density at radius 3 is 2.53 bits per heavy atom. The molecule has 0 spiro atoms. The Labute approximate surface area is 203 Å². The molecule has 2 aliphatic carbocycles. The van der Waals surface area contributed by atoms with E-state index in [1.165, 1.54) is 34.1 Å². The van der Waals surface area contributed by atoms with Gasteiger partial charge in [-0.2, -0.15) is 0 Å². The highest BCUT2D eigenvalue weighted by Crippen LogP contribution is 2.33. The summed E-state index contributed by atoms with van der Waals surface area (Å²) < 4.78 is 15.7. The van der Waals surface area contributed by atoms with Crippen LogP contribution in [0.15, 0.2) is 54.6 Å². The molecule has 0 radical (unpaired) electrons. The minimum Gasteiger partial charge on any atom is -0.371 e. The molecule has 1 fully saturated rings. The van der Waals surface area contributed by atoms with Crippen molar-refractivity contribution in [1.29, 1.82) is 0 Å². The van der Waals surface area contributed by atoms with Gasteiger partial charge in [-0.3, -0.25) is 4.79 Å². The van der Waals surface area contributed by atoms with E-state index in [0.29, 0.717) is 17.0 Å².